The van der Waals surface area contributed by atoms with Gasteiger partial charge in [-0.15, -0.1) is 0 Å². The number of rotatable bonds is 3. The standard InChI is InChI=1S/C20H24N2/c1-12(2)19-11-22-20-6-5-15(10-18(19)20)9-17-13(3)7-16(21)8-14(17)4/h5-8,10-12,22H,9,21H2,1-4H3. The Balaban J connectivity index is 2.03. The highest BCUT2D eigenvalue weighted by Gasteiger charge is 2.10. The summed E-state index contributed by atoms with van der Waals surface area (Å²) < 4.78 is 0. The zero-order valence-electron chi connectivity index (χ0n) is 13.8. The van der Waals surface area contributed by atoms with E-state index in [1.807, 2.05) is 0 Å². The van der Waals surface area contributed by atoms with Crippen LogP contribution < -0.4 is 5.73 Å². The van der Waals surface area contributed by atoms with Crippen molar-refractivity contribution in [3.8, 4) is 0 Å². The number of aromatic amines is 1. The summed E-state index contributed by atoms with van der Waals surface area (Å²) >= 11 is 0. The summed E-state index contributed by atoms with van der Waals surface area (Å²) in [6, 6.07) is 10.9. The summed E-state index contributed by atoms with van der Waals surface area (Å²) in [6.07, 6.45) is 3.09. The van der Waals surface area contributed by atoms with Crippen LogP contribution in [0.3, 0.4) is 0 Å². The van der Waals surface area contributed by atoms with Gasteiger partial charge in [0, 0.05) is 22.8 Å². The van der Waals surface area contributed by atoms with Gasteiger partial charge < -0.3 is 10.7 Å². The van der Waals surface area contributed by atoms with Crippen LogP contribution in [-0.4, -0.2) is 4.98 Å². The summed E-state index contributed by atoms with van der Waals surface area (Å²) in [4.78, 5) is 3.37. The van der Waals surface area contributed by atoms with Crippen molar-refractivity contribution in [2.24, 2.45) is 0 Å². The third-order valence-corrected chi connectivity index (χ3v) is 4.50. The van der Waals surface area contributed by atoms with Gasteiger partial charge in [0.1, 0.15) is 0 Å². The van der Waals surface area contributed by atoms with E-state index in [0.717, 1.165) is 12.1 Å². The summed E-state index contributed by atoms with van der Waals surface area (Å²) in [6.45, 7) is 8.77. The van der Waals surface area contributed by atoms with Crippen LogP contribution in [0.5, 0.6) is 0 Å². The second kappa shape index (κ2) is 5.53. The second-order valence-electron chi connectivity index (χ2n) is 6.59. The average molecular weight is 292 g/mol. The molecule has 0 bridgehead atoms. The number of nitrogens with two attached hydrogens (primary N) is 1. The maximum absolute atomic E-state index is 5.93. The van der Waals surface area contributed by atoms with Crippen LogP contribution >= 0.6 is 0 Å². The van der Waals surface area contributed by atoms with Crippen molar-refractivity contribution in [1.82, 2.24) is 4.98 Å². The second-order valence-corrected chi connectivity index (χ2v) is 6.59. The van der Waals surface area contributed by atoms with Gasteiger partial charge in [0.25, 0.3) is 0 Å². The lowest BCUT2D eigenvalue weighted by Gasteiger charge is -2.12. The Bertz CT molecular complexity index is 802. The third-order valence-electron chi connectivity index (χ3n) is 4.50. The Morgan fingerprint density at radius 3 is 2.36 bits per heavy atom. The molecule has 0 saturated carbocycles. The van der Waals surface area contributed by atoms with E-state index in [0.29, 0.717) is 5.92 Å². The van der Waals surface area contributed by atoms with Crippen molar-refractivity contribution >= 4 is 16.6 Å². The van der Waals surface area contributed by atoms with Crippen LogP contribution in [0.1, 0.15) is 47.6 Å². The Kier molecular flexibility index (Phi) is 3.69. The Labute approximate surface area is 132 Å². The summed E-state index contributed by atoms with van der Waals surface area (Å²) in [5.74, 6) is 0.531. The zero-order chi connectivity index (χ0) is 15.9. The van der Waals surface area contributed by atoms with Gasteiger partial charge in [0.2, 0.25) is 0 Å². The van der Waals surface area contributed by atoms with Crippen LogP contribution in [0.4, 0.5) is 5.69 Å². The molecule has 3 rings (SSSR count). The van der Waals surface area contributed by atoms with Crippen LogP contribution in [0.15, 0.2) is 36.5 Å². The van der Waals surface area contributed by atoms with Gasteiger partial charge >= 0.3 is 0 Å². The first-order valence-electron chi connectivity index (χ1n) is 7.91. The number of anilines is 1. The van der Waals surface area contributed by atoms with E-state index >= 15 is 0 Å². The first-order valence-corrected chi connectivity index (χ1v) is 7.91. The van der Waals surface area contributed by atoms with Gasteiger partial charge in [-0.05, 0) is 78.3 Å². The molecule has 0 spiro atoms. The van der Waals surface area contributed by atoms with E-state index < -0.39 is 0 Å². The largest absolute Gasteiger partial charge is 0.399 e. The number of H-pyrrole nitrogens is 1. The van der Waals surface area contributed by atoms with E-state index in [9.17, 15) is 0 Å². The van der Waals surface area contributed by atoms with Crippen LogP contribution in [-0.2, 0) is 6.42 Å². The minimum Gasteiger partial charge on any atom is -0.399 e. The Morgan fingerprint density at radius 1 is 1.05 bits per heavy atom. The summed E-state index contributed by atoms with van der Waals surface area (Å²) in [7, 11) is 0. The Morgan fingerprint density at radius 2 is 1.73 bits per heavy atom. The molecule has 0 radical (unpaired) electrons. The number of hydrogen-bond acceptors (Lipinski definition) is 1. The lowest BCUT2D eigenvalue weighted by atomic mass is 9.94. The number of fused-ring (bicyclic) bond motifs is 1. The summed E-state index contributed by atoms with van der Waals surface area (Å²) in [5.41, 5.74) is 14.7. The van der Waals surface area contributed by atoms with Crippen LogP contribution in [0.2, 0.25) is 0 Å². The SMILES string of the molecule is Cc1cc(N)cc(C)c1Cc1ccc2[nH]cc(C(C)C)c2c1. The number of aryl methyl sites for hydroxylation is 2. The molecule has 1 heterocycles. The molecule has 0 saturated heterocycles. The molecule has 0 aliphatic rings. The average Bonchev–Trinajstić information content (AvgIpc) is 2.86. The number of benzene rings is 2. The maximum atomic E-state index is 5.93. The maximum Gasteiger partial charge on any atom is 0.0457 e. The number of nitrogens with one attached hydrogen (secondary N) is 1. The molecule has 0 unspecified atom stereocenters. The zero-order valence-corrected chi connectivity index (χ0v) is 13.8. The van der Waals surface area contributed by atoms with Crippen LogP contribution in [0.25, 0.3) is 10.9 Å². The number of nitrogen functional groups attached to an aromatic ring is 1. The van der Waals surface area contributed by atoms with Crippen molar-refractivity contribution in [3.05, 3.63) is 64.3 Å². The fourth-order valence-electron chi connectivity index (χ4n) is 3.29. The normalized spacial score (nSPS) is 11.5. The van der Waals surface area contributed by atoms with Crippen LogP contribution in [0, 0.1) is 13.8 Å². The predicted octanol–water partition coefficient (Wildman–Crippen LogP) is 5.08. The number of hydrogen-bond donors (Lipinski definition) is 2. The van der Waals surface area contributed by atoms with Crippen molar-refractivity contribution in [2.75, 3.05) is 5.73 Å². The highest BCUT2D eigenvalue weighted by molar-refractivity contribution is 5.84. The molecule has 1 aromatic heterocycles. The van der Waals surface area contributed by atoms with E-state index in [4.69, 9.17) is 5.73 Å². The highest BCUT2D eigenvalue weighted by atomic mass is 14.7. The third kappa shape index (κ3) is 2.61. The molecular formula is C20H24N2. The molecular weight excluding hydrogens is 268 g/mol. The molecule has 0 aliphatic carbocycles. The molecule has 114 valence electrons. The van der Waals surface area contributed by atoms with Gasteiger partial charge in [0.15, 0.2) is 0 Å². The van der Waals surface area contributed by atoms with E-state index in [-0.39, 0.29) is 0 Å². The van der Waals surface area contributed by atoms with E-state index in [2.05, 4.69) is 69.2 Å². The first kappa shape index (κ1) is 14.7. The lowest BCUT2D eigenvalue weighted by Crippen LogP contribution is -1.98. The predicted molar refractivity (Wildman–Crippen MR) is 95.5 cm³/mol. The monoisotopic (exact) mass is 292 g/mol. The first-order chi connectivity index (χ1) is 10.5. The highest BCUT2D eigenvalue weighted by Crippen LogP contribution is 2.28. The topological polar surface area (TPSA) is 41.8 Å². The molecule has 0 aliphatic heterocycles. The fourth-order valence-corrected chi connectivity index (χ4v) is 3.29. The fraction of sp³-hybridized carbons (Fsp3) is 0.300. The lowest BCUT2D eigenvalue weighted by molar-refractivity contribution is 0.875. The molecule has 3 N–H and O–H groups in total. The summed E-state index contributed by atoms with van der Waals surface area (Å²) in [5, 5.41) is 1.35. The Hall–Kier alpha value is -2.22. The van der Waals surface area contributed by atoms with Crippen molar-refractivity contribution in [3.63, 3.8) is 0 Å². The van der Waals surface area contributed by atoms with Gasteiger partial charge in [-0.25, -0.2) is 0 Å². The molecule has 3 aromatic rings. The minimum atomic E-state index is 0.531. The molecule has 2 heteroatoms. The molecule has 2 nitrogen and oxygen atoms in total. The molecule has 0 fully saturated rings. The van der Waals surface area contributed by atoms with Gasteiger partial charge in [0.05, 0.1) is 0 Å². The smallest absolute Gasteiger partial charge is 0.0457 e. The van der Waals surface area contributed by atoms with Gasteiger partial charge in [-0.3, -0.25) is 0 Å². The van der Waals surface area contributed by atoms with Gasteiger partial charge in [-0.1, -0.05) is 19.9 Å². The molecule has 0 amide bonds. The minimum absolute atomic E-state index is 0.531. The van der Waals surface area contributed by atoms with E-state index in [1.165, 1.54) is 38.7 Å². The van der Waals surface area contributed by atoms with Crippen molar-refractivity contribution < 1.29 is 0 Å². The van der Waals surface area contributed by atoms with Crippen molar-refractivity contribution in [2.45, 2.75) is 40.0 Å². The molecule has 2 aromatic carbocycles. The number of aromatic nitrogens is 1. The van der Waals surface area contributed by atoms with Gasteiger partial charge in [-0.2, -0.15) is 0 Å². The molecule has 22 heavy (non-hydrogen) atoms. The molecule has 0 atom stereocenters. The quantitative estimate of drug-likeness (QED) is 0.649. The van der Waals surface area contributed by atoms with E-state index in [1.54, 1.807) is 0 Å². The van der Waals surface area contributed by atoms with Crippen molar-refractivity contribution in [1.29, 1.82) is 0 Å².